The van der Waals surface area contributed by atoms with Crippen molar-refractivity contribution in [3.63, 3.8) is 0 Å². The first kappa shape index (κ1) is 21.4. The smallest absolute Gasteiger partial charge is 0.124 e. The maximum Gasteiger partial charge on any atom is 0.124 e. The molecular weight excluding hydrogens is 385 g/mol. The van der Waals surface area contributed by atoms with E-state index in [9.17, 15) is 0 Å². The molecule has 0 saturated heterocycles. The molecule has 0 spiro atoms. The minimum atomic E-state index is 0. The van der Waals surface area contributed by atoms with Crippen LogP contribution < -0.4 is 9.47 Å². The van der Waals surface area contributed by atoms with Crippen molar-refractivity contribution in [1.82, 2.24) is 0 Å². The van der Waals surface area contributed by atoms with Gasteiger partial charge in [0.25, 0.3) is 0 Å². The van der Waals surface area contributed by atoms with Crippen LogP contribution in [0.2, 0.25) is 0 Å². The molecule has 3 aromatic rings. The maximum atomic E-state index is 5.73. The van der Waals surface area contributed by atoms with E-state index in [1.54, 1.807) is 7.11 Å². The molecule has 0 unspecified atom stereocenters. The average Bonchev–Trinajstić information content (AvgIpc) is 2.61. The van der Waals surface area contributed by atoms with Crippen LogP contribution in [0.15, 0.2) is 60.7 Å². The van der Waals surface area contributed by atoms with Gasteiger partial charge < -0.3 is 9.47 Å². The van der Waals surface area contributed by atoms with Gasteiger partial charge in [-0.3, -0.25) is 0 Å². The Labute approximate surface area is 176 Å². The van der Waals surface area contributed by atoms with Gasteiger partial charge in [0.15, 0.2) is 0 Å². The molecule has 0 fully saturated rings. The van der Waals surface area contributed by atoms with Gasteiger partial charge in [-0.2, -0.15) is 53.6 Å². The summed E-state index contributed by atoms with van der Waals surface area (Å²) >= 11 is 0. The van der Waals surface area contributed by atoms with Crippen LogP contribution in [-0.4, -0.2) is 7.11 Å². The summed E-state index contributed by atoms with van der Waals surface area (Å²) in [5.74, 6) is 2.48. The molecule has 0 bridgehead atoms. The van der Waals surface area contributed by atoms with Crippen molar-refractivity contribution < 1.29 is 42.2 Å². The zero-order valence-corrected chi connectivity index (χ0v) is 18.0. The summed E-state index contributed by atoms with van der Waals surface area (Å²) in [5, 5.41) is 0. The van der Waals surface area contributed by atoms with E-state index in [-0.39, 0.29) is 32.7 Å². The van der Waals surface area contributed by atoms with E-state index in [0.717, 1.165) is 22.8 Å². The summed E-state index contributed by atoms with van der Waals surface area (Å²) in [4.78, 5) is 0. The molecule has 0 amide bonds. The van der Waals surface area contributed by atoms with Gasteiger partial charge in [0.2, 0.25) is 0 Å². The molecule has 3 rings (SSSR count). The molecule has 0 saturated carbocycles. The van der Waals surface area contributed by atoms with Gasteiger partial charge in [-0.1, -0.05) is 20.8 Å². The van der Waals surface area contributed by atoms with Crippen molar-refractivity contribution in [2.75, 3.05) is 7.11 Å². The van der Waals surface area contributed by atoms with Crippen molar-refractivity contribution in [3.05, 3.63) is 89.5 Å². The number of methoxy groups -OCH3 is 1. The van der Waals surface area contributed by atoms with E-state index in [1.165, 1.54) is 11.1 Å². The number of hydrogen-bond donors (Lipinski definition) is 0. The monoisotopic (exact) mass is 407 g/mol. The molecule has 3 aromatic carbocycles. The van der Waals surface area contributed by atoms with Crippen LogP contribution in [0.1, 0.15) is 16.7 Å². The van der Waals surface area contributed by atoms with Crippen LogP contribution in [0.4, 0.5) is 0 Å². The van der Waals surface area contributed by atoms with Gasteiger partial charge in [0.1, 0.15) is 11.5 Å². The molecule has 3 heteroatoms. The molecule has 0 N–H and O–H groups in total. The van der Waals surface area contributed by atoms with Crippen LogP contribution in [0, 0.1) is 32.9 Å². The molecule has 127 valence electrons. The SMILES string of the molecule is COc1ccc(Oc2cc[c-]cc2C)cc1.Cc1c[c-]ccc1C.[Y]. The Morgan fingerprint density at radius 3 is 1.72 bits per heavy atom. The Balaban J connectivity index is 0.000000295. The van der Waals surface area contributed by atoms with Crippen LogP contribution in [0.25, 0.3) is 0 Å². The van der Waals surface area contributed by atoms with Crippen LogP contribution >= 0.6 is 0 Å². The third kappa shape index (κ3) is 7.01. The molecular formula is C22H22O2Y-2. The fourth-order valence-electron chi connectivity index (χ4n) is 1.98. The van der Waals surface area contributed by atoms with E-state index in [4.69, 9.17) is 9.47 Å². The Bertz CT molecular complexity index is 746. The van der Waals surface area contributed by atoms with Crippen LogP contribution in [0.5, 0.6) is 17.2 Å². The number of rotatable bonds is 3. The van der Waals surface area contributed by atoms with Gasteiger partial charge in [-0.25, -0.2) is 0 Å². The first-order valence-corrected chi connectivity index (χ1v) is 7.82. The quantitative estimate of drug-likeness (QED) is 0.519. The van der Waals surface area contributed by atoms with Crippen molar-refractivity contribution in [3.8, 4) is 17.2 Å². The molecule has 0 aliphatic heterocycles. The van der Waals surface area contributed by atoms with Gasteiger partial charge in [0.05, 0.1) is 7.11 Å². The third-order valence-electron chi connectivity index (χ3n) is 3.66. The molecule has 1 radical (unpaired) electrons. The second-order valence-corrected chi connectivity index (χ2v) is 5.48. The zero-order chi connectivity index (χ0) is 17.4. The van der Waals surface area contributed by atoms with Crippen molar-refractivity contribution in [2.45, 2.75) is 20.8 Å². The molecule has 0 atom stereocenters. The number of benzene rings is 3. The second kappa shape index (κ2) is 11.1. The van der Waals surface area contributed by atoms with Gasteiger partial charge in [-0.05, 0) is 24.3 Å². The number of ether oxygens (including phenoxy) is 2. The average molecular weight is 407 g/mol. The Kier molecular flexibility index (Phi) is 9.48. The number of hydrogen-bond acceptors (Lipinski definition) is 2. The molecule has 0 aliphatic rings. The molecule has 25 heavy (non-hydrogen) atoms. The second-order valence-electron chi connectivity index (χ2n) is 5.48. The summed E-state index contributed by atoms with van der Waals surface area (Å²) in [5.41, 5.74) is 3.72. The van der Waals surface area contributed by atoms with E-state index < -0.39 is 0 Å². The Morgan fingerprint density at radius 1 is 0.680 bits per heavy atom. The van der Waals surface area contributed by atoms with E-state index in [0.29, 0.717) is 0 Å². The molecule has 2 nitrogen and oxygen atoms in total. The van der Waals surface area contributed by atoms with E-state index in [1.807, 2.05) is 61.5 Å². The van der Waals surface area contributed by atoms with Gasteiger partial charge >= 0.3 is 0 Å². The summed E-state index contributed by atoms with van der Waals surface area (Å²) in [7, 11) is 1.65. The minimum Gasteiger partial charge on any atom is -0.497 e. The number of aryl methyl sites for hydroxylation is 3. The Hall–Kier alpha value is -1.64. The first-order valence-electron chi connectivity index (χ1n) is 7.82. The third-order valence-corrected chi connectivity index (χ3v) is 3.66. The van der Waals surface area contributed by atoms with Crippen molar-refractivity contribution in [2.24, 2.45) is 0 Å². The summed E-state index contributed by atoms with van der Waals surface area (Å²) in [6.45, 7) is 6.18. The van der Waals surface area contributed by atoms with E-state index in [2.05, 4.69) is 32.0 Å². The predicted molar refractivity (Wildman–Crippen MR) is 97.8 cm³/mol. The van der Waals surface area contributed by atoms with E-state index >= 15 is 0 Å². The van der Waals surface area contributed by atoms with Crippen LogP contribution in [0.3, 0.4) is 0 Å². The zero-order valence-electron chi connectivity index (χ0n) is 15.2. The fourth-order valence-corrected chi connectivity index (χ4v) is 1.98. The van der Waals surface area contributed by atoms with Gasteiger partial charge in [0, 0.05) is 38.5 Å². The summed E-state index contributed by atoms with van der Waals surface area (Å²) < 4.78 is 10.8. The fraction of sp³-hybridized carbons (Fsp3) is 0.182. The van der Waals surface area contributed by atoms with Gasteiger partial charge in [-0.15, -0.1) is 11.6 Å². The minimum absolute atomic E-state index is 0. The van der Waals surface area contributed by atoms with Crippen molar-refractivity contribution in [1.29, 1.82) is 0 Å². The Morgan fingerprint density at radius 2 is 1.24 bits per heavy atom. The summed E-state index contributed by atoms with van der Waals surface area (Å²) in [6.07, 6.45) is 0. The topological polar surface area (TPSA) is 18.5 Å². The normalized spacial score (nSPS) is 9.28. The first-order chi connectivity index (χ1) is 11.6. The van der Waals surface area contributed by atoms with Crippen LogP contribution in [-0.2, 0) is 32.7 Å². The largest absolute Gasteiger partial charge is 0.497 e. The maximum absolute atomic E-state index is 5.73. The molecule has 0 aromatic heterocycles. The molecule has 0 heterocycles. The standard InChI is InChI=1S/C14H13O2.C8H9.Y/c1-11-5-3-4-6-14(11)16-13-9-7-12(15-2)8-10-13;1-7-5-3-4-6-8(7)2;/h4-10H,1-2H3;3,5-6H,1-2H3;/q2*-1;. The summed E-state index contributed by atoms with van der Waals surface area (Å²) in [6, 6.07) is 25.2. The van der Waals surface area contributed by atoms with Crippen molar-refractivity contribution >= 4 is 0 Å². The predicted octanol–water partition coefficient (Wildman–Crippen LogP) is 5.70. The molecule has 0 aliphatic carbocycles.